The Balaban J connectivity index is 1.76. The quantitative estimate of drug-likeness (QED) is 0.622. The molecule has 3 N–H and O–H groups in total. The van der Waals surface area contributed by atoms with Crippen LogP contribution in [0.1, 0.15) is 25.0 Å². The number of rotatable bonds is 8. The SMILES string of the molecule is CC(C)Oc1ccccc1CNC(=O)NCCNc1cccc(F)c1C#N. The summed E-state index contributed by atoms with van der Waals surface area (Å²) in [5.74, 6) is 0.167. The van der Waals surface area contributed by atoms with Crippen molar-refractivity contribution in [1.29, 1.82) is 5.26 Å². The predicted octanol–water partition coefficient (Wildman–Crippen LogP) is 3.40. The molecule has 0 radical (unpaired) electrons. The first-order valence-corrected chi connectivity index (χ1v) is 8.70. The number of para-hydroxylation sites is 1. The molecule has 7 heteroatoms. The molecule has 0 atom stereocenters. The van der Waals surface area contributed by atoms with Crippen LogP contribution in [-0.4, -0.2) is 25.2 Å². The van der Waals surface area contributed by atoms with Crippen molar-refractivity contribution >= 4 is 11.7 Å². The first-order chi connectivity index (χ1) is 13.0. The van der Waals surface area contributed by atoms with Gasteiger partial charge in [0.1, 0.15) is 23.2 Å². The van der Waals surface area contributed by atoms with Crippen molar-refractivity contribution in [3.63, 3.8) is 0 Å². The normalized spacial score (nSPS) is 10.2. The number of nitriles is 1. The van der Waals surface area contributed by atoms with Gasteiger partial charge in [0.2, 0.25) is 0 Å². The fourth-order valence-electron chi connectivity index (χ4n) is 2.42. The second-order valence-corrected chi connectivity index (χ2v) is 6.08. The number of halogens is 1. The zero-order chi connectivity index (χ0) is 19.6. The summed E-state index contributed by atoms with van der Waals surface area (Å²) in [6, 6.07) is 13.4. The summed E-state index contributed by atoms with van der Waals surface area (Å²) in [6.07, 6.45) is 0.0483. The Hall–Kier alpha value is -3.27. The third-order valence-electron chi connectivity index (χ3n) is 3.63. The maximum atomic E-state index is 13.5. The third kappa shape index (κ3) is 6.19. The molecule has 0 fully saturated rings. The summed E-state index contributed by atoms with van der Waals surface area (Å²) in [4.78, 5) is 11.9. The number of nitrogens with zero attached hydrogens (tertiary/aromatic N) is 1. The number of carbonyl (C=O) groups excluding carboxylic acids is 1. The van der Waals surface area contributed by atoms with Crippen LogP contribution in [-0.2, 0) is 6.54 Å². The maximum Gasteiger partial charge on any atom is 0.315 e. The summed E-state index contributed by atoms with van der Waals surface area (Å²) < 4.78 is 19.2. The van der Waals surface area contributed by atoms with Gasteiger partial charge in [-0.05, 0) is 32.0 Å². The van der Waals surface area contributed by atoms with Crippen LogP contribution >= 0.6 is 0 Å². The van der Waals surface area contributed by atoms with E-state index in [-0.39, 0.29) is 17.7 Å². The molecular weight excluding hydrogens is 347 g/mol. The minimum Gasteiger partial charge on any atom is -0.491 e. The summed E-state index contributed by atoms with van der Waals surface area (Å²) in [5.41, 5.74) is 1.25. The van der Waals surface area contributed by atoms with Crippen LogP contribution in [0, 0.1) is 17.1 Å². The van der Waals surface area contributed by atoms with E-state index in [0.29, 0.717) is 25.3 Å². The minimum absolute atomic E-state index is 0.0382. The standard InChI is InChI=1S/C20H23FN4O2/c1-14(2)27-19-9-4-3-6-15(19)13-25-20(26)24-11-10-23-18-8-5-7-17(21)16(18)12-22/h3-9,14,23H,10-11,13H2,1-2H3,(H2,24,25,26). The smallest absolute Gasteiger partial charge is 0.315 e. The maximum absolute atomic E-state index is 13.5. The van der Waals surface area contributed by atoms with Crippen molar-refractivity contribution < 1.29 is 13.9 Å². The van der Waals surface area contributed by atoms with Crippen molar-refractivity contribution in [2.45, 2.75) is 26.5 Å². The van der Waals surface area contributed by atoms with E-state index in [1.54, 1.807) is 6.07 Å². The van der Waals surface area contributed by atoms with Crippen molar-refractivity contribution in [2.24, 2.45) is 0 Å². The van der Waals surface area contributed by atoms with Gasteiger partial charge in [0, 0.05) is 25.2 Å². The van der Waals surface area contributed by atoms with Crippen LogP contribution in [0.15, 0.2) is 42.5 Å². The number of anilines is 1. The summed E-state index contributed by atoms with van der Waals surface area (Å²) >= 11 is 0. The molecule has 0 heterocycles. The van der Waals surface area contributed by atoms with Gasteiger partial charge in [-0.1, -0.05) is 24.3 Å². The molecule has 142 valence electrons. The van der Waals surface area contributed by atoms with E-state index < -0.39 is 5.82 Å². The summed E-state index contributed by atoms with van der Waals surface area (Å²) in [6.45, 7) is 4.90. The predicted molar refractivity (Wildman–Crippen MR) is 102 cm³/mol. The summed E-state index contributed by atoms with van der Waals surface area (Å²) in [5, 5.41) is 17.4. The highest BCUT2D eigenvalue weighted by Crippen LogP contribution is 2.19. The highest BCUT2D eigenvalue weighted by molar-refractivity contribution is 5.74. The molecule has 2 aromatic carbocycles. The van der Waals surface area contributed by atoms with Crippen molar-refractivity contribution in [3.8, 4) is 11.8 Å². The van der Waals surface area contributed by atoms with E-state index in [4.69, 9.17) is 10.00 Å². The lowest BCUT2D eigenvalue weighted by Gasteiger charge is -2.15. The number of hydrogen-bond donors (Lipinski definition) is 3. The molecule has 0 saturated carbocycles. The number of amides is 2. The second kappa shape index (κ2) is 10.0. The third-order valence-corrected chi connectivity index (χ3v) is 3.63. The second-order valence-electron chi connectivity index (χ2n) is 6.08. The fraction of sp³-hybridized carbons (Fsp3) is 0.300. The molecule has 0 saturated heterocycles. The highest BCUT2D eigenvalue weighted by Gasteiger charge is 2.08. The highest BCUT2D eigenvalue weighted by atomic mass is 19.1. The summed E-state index contributed by atoms with van der Waals surface area (Å²) in [7, 11) is 0. The molecule has 2 amide bonds. The fourth-order valence-corrected chi connectivity index (χ4v) is 2.42. The van der Waals surface area contributed by atoms with Crippen LogP contribution in [0.4, 0.5) is 14.9 Å². The van der Waals surface area contributed by atoms with Gasteiger partial charge in [-0.3, -0.25) is 0 Å². The van der Waals surface area contributed by atoms with E-state index in [1.165, 1.54) is 12.1 Å². The molecular formula is C20H23FN4O2. The number of nitrogens with one attached hydrogen (secondary N) is 3. The van der Waals surface area contributed by atoms with Gasteiger partial charge in [0.05, 0.1) is 11.8 Å². The first-order valence-electron chi connectivity index (χ1n) is 8.70. The zero-order valence-corrected chi connectivity index (χ0v) is 15.4. The zero-order valence-electron chi connectivity index (χ0n) is 15.4. The van der Waals surface area contributed by atoms with Crippen LogP contribution in [0.3, 0.4) is 0 Å². The molecule has 0 aliphatic carbocycles. The number of benzene rings is 2. The van der Waals surface area contributed by atoms with Gasteiger partial charge in [-0.2, -0.15) is 5.26 Å². The first kappa shape index (κ1) is 20.0. The lowest BCUT2D eigenvalue weighted by atomic mass is 10.2. The molecule has 27 heavy (non-hydrogen) atoms. The molecule has 0 aliphatic heterocycles. The van der Waals surface area contributed by atoms with Crippen LogP contribution in [0.2, 0.25) is 0 Å². The van der Waals surface area contributed by atoms with Gasteiger partial charge < -0.3 is 20.7 Å². The van der Waals surface area contributed by atoms with Gasteiger partial charge in [0.25, 0.3) is 0 Å². The van der Waals surface area contributed by atoms with Gasteiger partial charge in [-0.15, -0.1) is 0 Å². The van der Waals surface area contributed by atoms with E-state index in [1.807, 2.05) is 44.2 Å². The van der Waals surface area contributed by atoms with E-state index in [0.717, 1.165) is 11.3 Å². The Kier molecular flexibility index (Phi) is 7.44. The van der Waals surface area contributed by atoms with Crippen LogP contribution < -0.4 is 20.7 Å². The van der Waals surface area contributed by atoms with Crippen molar-refractivity contribution in [2.75, 3.05) is 18.4 Å². The van der Waals surface area contributed by atoms with Crippen LogP contribution in [0.5, 0.6) is 5.75 Å². The Labute approximate surface area is 158 Å². The van der Waals surface area contributed by atoms with Gasteiger partial charge in [-0.25, -0.2) is 9.18 Å². The molecule has 0 aromatic heterocycles. The Bertz CT molecular complexity index is 818. The van der Waals surface area contributed by atoms with Gasteiger partial charge >= 0.3 is 6.03 Å². The Morgan fingerprint density at radius 2 is 1.93 bits per heavy atom. The number of ether oxygens (including phenoxy) is 1. The molecule has 0 aliphatic rings. The number of hydrogen-bond acceptors (Lipinski definition) is 4. The molecule has 0 unspecified atom stereocenters. The van der Waals surface area contributed by atoms with E-state index in [9.17, 15) is 9.18 Å². The number of urea groups is 1. The lowest BCUT2D eigenvalue weighted by molar-refractivity contribution is 0.236. The monoisotopic (exact) mass is 370 g/mol. The topological polar surface area (TPSA) is 86.2 Å². The minimum atomic E-state index is -0.574. The van der Waals surface area contributed by atoms with Crippen molar-refractivity contribution in [3.05, 3.63) is 59.4 Å². The molecule has 2 rings (SSSR count). The number of carbonyl (C=O) groups is 1. The Morgan fingerprint density at radius 1 is 1.15 bits per heavy atom. The lowest BCUT2D eigenvalue weighted by Crippen LogP contribution is -2.37. The van der Waals surface area contributed by atoms with E-state index >= 15 is 0 Å². The van der Waals surface area contributed by atoms with Gasteiger partial charge in [0.15, 0.2) is 0 Å². The van der Waals surface area contributed by atoms with E-state index in [2.05, 4.69) is 16.0 Å². The Morgan fingerprint density at radius 3 is 2.67 bits per heavy atom. The average molecular weight is 370 g/mol. The molecule has 6 nitrogen and oxygen atoms in total. The largest absolute Gasteiger partial charge is 0.491 e. The molecule has 0 bridgehead atoms. The molecule has 0 spiro atoms. The van der Waals surface area contributed by atoms with Crippen molar-refractivity contribution in [1.82, 2.24) is 10.6 Å². The average Bonchev–Trinajstić information content (AvgIpc) is 2.64. The van der Waals surface area contributed by atoms with Crippen LogP contribution in [0.25, 0.3) is 0 Å². The molecule has 2 aromatic rings.